The van der Waals surface area contributed by atoms with Gasteiger partial charge in [0.15, 0.2) is 0 Å². The zero-order valence-corrected chi connectivity index (χ0v) is 15.6. The Morgan fingerprint density at radius 3 is 2.36 bits per heavy atom. The Morgan fingerprint density at radius 2 is 1.64 bits per heavy atom. The number of nitrogens with zero attached hydrogens (tertiary/aromatic N) is 1. The molecule has 1 N–H and O–H groups in total. The standard InChI is InChI=1S/C23H32N2/c1-20-8-10-23(11-9-20)19-24-14-5-15-25-16-12-22(13-17-25)18-21-6-3-2-4-7-21/h2-4,6-11,22,24H,5,12-19H2,1H3. The van der Waals surface area contributed by atoms with Gasteiger partial charge < -0.3 is 10.2 Å². The Balaban J connectivity index is 1.26. The minimum absolute atomic E-state index is 0.873. The van der Waals surface area contributed by atoms with Crippen LogP contribution in [0.4, 0.5) is 0 Å². The molecule has 0 atom stereocenters. The molecule has 0 aliphatic carbocycles. The maximum atomic E-state index is 3.58. The summed E-state index contributed by atoms with van der Waals surface area (Å²) in [5.41, 5.74) is 4.22. The molecule has 2 nitrogen and oxygen atoms in total. The smallest absolute Gasteiger partial charge is 0.0205 e. The fourth-order valence-electron chi connectivity index (χ4n) is 3.73. The molecule has 0 bridgehead atoms. The van der Waals surface area contributed by atoms with Crippen molar-refractivity contribution in [3.8, 4) is 0 Å². The molecule has 2 aromatic carbocycles. The van der Waals surface area contributed by atoms with Gasteiger partial charge in [0.25, 0.3) is 0 Å². The second kappa shape index (κ2) is 9.74. The van der Waals surface area contributed by atoms with Gasteiger partial charge in [-0.15, -0.1) is 0 Å². The molecule has 2 heteroatoms. The molecule has 25 heavy (non-hydrogen) atoms. The third-order valence-corrected chi connectivity index (χ3v) is 5.35. The maximum Gasteiger partial charge on any atom is 0.0205 e. The fraction of sp³-hybridized carbons (Fsp3) is 0.478. The summed E-state index contributed by atoms with van der Waals surface area (Å²) in [4.78, 5) is 2.65. The van der Waals surface area contributed by atoms with Crippen LogP contribution in [0.2, 0.25) is 0 Å². The van der Waals surface area contributed by atoms with Crippen LogP contribution in [0.25, 0.3) is 0 Å². The molecule has 0 aromatic heterocycles. The molecule has 0 saturated carbocycles. The van der Waals surface area contributed by atoms with Crippen LogP contribution in [0, 0.1) is 12.8 Å². The van der Waals surface area contributed by atoms with Crippen molar-refractivity contribution in [2.24, 2.45) is 5.92 Å². The molecular formula is C23H32N2. The number of benzene rings is 2. The SMILES string of the molecule is Cc1ccc(CNCCCN2CCC(Cc3ccccc3)CC2)cc1. The van der Waals surface area contributed by atoms with Gasteiger partial charge in [0.05, 0.1) is 0 Å². The molecule has 1 heterocycles. The van der Waals surface area contributed by atoms with Crippen molar-refractivity contribution in [2.45, 2.75) is 39.2 Å². The van der Waals surface area contributed by atoms with E-state index in [-0.39, 0.29) is 0 Å². The topological polar surface area (TPSA) is 15.3 Å². The molecule has 0 unspecified atom stereocenters. The summed E-state index contributed by atoms with van der Waals surface area (Å²) < 4.78 is 0. The molecule has 2 aromatic rings. The van der Waals surface area contributed by atoms with Crippen LogP contribution in [0.15, 0.2) is 54.6 Å². The van der Waals surface area contributed by atoms with Crippen molar-refractivity contribution < 1.29 is 0 Å². The quantitative estimate of drug-likeness (QED) is 0.718. The van der Waals surface area contributed by atoms with Crippen molar-refractivity contribution in [2.75, 3.05) is 26.2 Å². The largest absolute Gasteiger partial charge is 0.313 e. The van der Waals surface area contributed by atoms with Gasteiger partial charge in [-0.3, -0.25) is 0 Å². The molecule has 0 amide bonds. The highest BCUT2D eigenvalue weighted by molar-refractivity contribution is 5.21. The molecule has 1 fully saturated rings. The number of hydrogen-bond donors (Lipinski definition) is 1. The third kappa shape index (κ3) is 6.30. The Hall–Kier alpha value is -1.64. The monoisotopic (exact) mass is 336 g/mol. The first-order chi connectivity index (χ1) is 12.3. The number of nitrogens with one attached hydrogen (secondary N) is 1. The van der Waals surface area contributed by atoms with E-state index < -0.39 is 0 Å². The summed E-state index contributed by atoms with van der Waals surface area (Å²) in [6.07, 6.45) is 5.21. The summed E-state index contributed by atoms with van der Waals surface area (Å²) in [6, 6.07) is 19.8. The molecule has 0 spiro atoms. The number of piperidine rings is 1. The Kier molecular flexibility index (Phi) is 7.08. The van der Waals surface area contributed by atoms with E-state index in [4.69, 9.17) is 0 Å². The van der Waals surface area contributed by atoms with E-state index in [2.05, 4.69) is 71.7 Å². The van der Waals surface area contributed by atoms with Gasteiger partial charge in [-0.1, -0.05) is 60.2 Å². The molecule has 0 radical (unpaired) electrons. The highest BCUT2D eigenvalue weighted by atomic mass is 15.1. The molecule has 3 rings (SSSR count). The van der Waals surface area contributed by atoms with Crippen LogP contribution in [-0.2, 0) is 13.0 Å². The molecule has 134 valence electrons. The highest BCUT2D eigenvalue weighted by Crippen LogP contribution is 2.21. The maximum absolute atomic E-state index is 3.58. The Morgan fingerprint density at radius 1 is 0.920 bits per heavy atom. The third-order valence-electron chi connectivity index (χ3n) is 5.35. The van der Waals surface area contributed by atoms with E-state index in [1.54, 1.807) is 0 Å². The Labute approximate surface area is 153 Å². The van der Waals surface area contributed by atoms with Crippen molar-refractivity contribution >= 4 is 0 Å². The zero-order chi connectivity index (χ0) is 17.3. The van der Waals surface area contributed by atoms with Crippen molar-refractivity contribution in [3.05, 3.63) is 71.3 Å². The van der Waals surface area contributed by atoms with Crippen molar-refractivity contribution in [3.63, 3.8) is 0 Å². The van der Waals surface area contributed by atoms with Crippen molar-refractivity contribution in [1.29, 1.82) is 0 Å². The van der Waals surface area contributed by atoms with E-state index in [1.165, 1.54) is 62.0 Å². The lowest BCUT2D eigenvalue weighted by atomic mass is 9.90. The first kappa shape index (κ1) is 18.2. The molecule has 1 saturated heterocycles. The highest BCUT2D eigenvalue weighted by Gasteiger charge is 2.18. The summed E-state index contributed by atoms with van der Waals surface area (Å²) in [7, 11) is 0. The summed E-state index contributed by atoms with van der Waals surface area (Å²) in [6.45, 7) is 8.02. The van der Waals surface area contributed by atoms with Gasteiger partial charge in [0.2, 0.25) is 0 Å². The lowest BCUT2D eigenvalue weighted by Crippen LogP contribution is -2.36. The molecular weight excluding hydrogens is 304 g/mol. The fourth-order valence-corrected chi connectivity index (χ4v) is 3.73. The van der Waals surface area contributed by atoms with Gasteiger partial charge in [-0.2, -0.15) is 0 Å². The number of aryl methyl sites for hydroxylation is 1. The minimum Gasteiger partial charge on any atom is -0.313 e. The average molecular weight is 337 g/mol. The molecule has 1 aliphatic heterocycles. The van der Waals surface area contributed by atoms with Gasteiger partial charge >= 0.3 is 0 Å². The lowest BCUT2D eigenvalue weighted by Gasteiger charge is -2.32. The van der Waals surface area contributed by atoms with E-state index in [0.717, 1.165) is 19.0 Å². The van der Waals surface area contributed by atoms with Gasteiger partial charge in [-0.05, 0) is 75.8 Å². The van der Waals surface area contributed by atoms with Crippen LogP contribution < -0.4 is 5.32 Å². The summed E-state index contributed by atoms with van der Waals surface area (Å²) in [5.74, 6) is 0.873. The zero-order valence-electron chi connectivity index (χ0n) is 15.6. The van der Waals surface area contributed by atoms with Gasteiger partial charge in [-0.25, -0.2) is 0 Å². The first-order valence-electron chi connectivity index (χ1n) is 9.82. The Bertz CT molecular complexity index is 598. The van der Waals surface area contributed by atoms with E-state index in [0.29, 0.717) is 0 Å². The number of hydrogen-bond acceptors (Lipinski definition) is 2. The van der Waals surface area contributed by atoms with Gasteiger partial charge in [0.1, 0.15) is 0 Å². The summed E-state index contributed by atoms with van der Waals surface area (Å²) in [5, 5.41) is 3.58. The van der Waals surface area contributed by atoms with Gasteiger partial charge in [0, 0.05) is 6.54 Å². The lowest BCUT2D eigenvalue weighted by molar-refractivity contribution is 0.182. The van der Waals surface area contributed by atoms with Crippen LogP contribution in [-0.4, -0.2) is 31.1 Å². The second-order valence-electron chi connectivity index (χ2n) is 7.49. The normalized spacial score (nSPS) is 16.2. The van der Waals surface area contributed by atoms with Crippen molar-refractivity contribution in [1.82, 2.24) is 10.2 Å². The number of likely N-dealkylation sites (tertiary alicyclic amines) is 1. The van der Waals surface area contributed by atoms with Crippen LogP contribution >= 0.6 is 0 Å². The number of rotatable bonds is 8. The summed E-state index contributed by atoms with van der Waals surface area (Å²) >= 11 is 0. The second-order valence-corrected chi connectivity index (χ2v) is 7.49. The van der Waals surface area contributed by atoms with E-state index >= 15 is 0 Å². The van der Waals surface area contributed by atoms with Crippen LogP contribution in [0.3, 0.4) is 0 Å². The van der Waals surface area contributed by atoms with Crippen LogP contribution in [0.1, 0.15) is 36.0 Å². The van der Waals surface area contributed by atoms with E-state index in [9.17, 15) is 0 Å². The average Bonchev–Trinajstić information content (AvgIpc) is 2.65. The minimum atomic E-state index is 0.873. The van der Waals surface area contributed by atoms with Crippen LogP contribution in [0.5, 0.6) is 0 Å². The predicted molar refractivity (Wildman–Crippen MR) is 107 cm³/mol. The van der Waals surface area contributed by atoms with E-state index in [1.807, 2.05) is 0 Å². The first-order valence-corrected chi connectivity index (χ1v) is 9.82. The molecule has 1 aliphatic rings. The predicted octanol–water partition coefficient (Wildman–Crippen LogP) is 4.43.